The average Bonchev–Trinajstić information content (AvgIpc) is 2.25. The lowest BCUT2D eigenvalue weighted by atomic mass is 10.4. The highest BCUT2D eigenvalue weighted by molar-refractivity contribution is 9.09. The zero-order chi connectivity index (χ0) is 10.2. The first-order valence-corrected chi connectivity index (χ1v) is 6.57. The van der Waals surface area contributed by atoms with Crippen LogP contribution >= 0.6 is 15.9 Å². The Kier molecular flexibility index (Phi) is 6.77. The van der Waals surface area contributed by atoms with E-state index in [0.717, 1.165) is 44.7 Å². The third-order valence-corrected chi connectivity index (χ3v) is 3.04. The molecule has 0 spiro atoms. The standard InChI is InChI=1S/C10H21BrN2O/c1-2-12(4-3-11)5-6-13-7-9-14-10-8-13/h2-10H2,1H3. The van der Waals surface area contributed by atoms with Gasteiger partial charge in [0.1, 0.15) is 0 Å². The van der Waals surface area contributed by atoms with Crippen LogP contribution in [0.15, 0.2) is 0 Å². The van der Waals surface area contributed by atoms with Crippen LogP contribution in [0.1, 0.15) is 6.92 Å². The molecule has 0 aromatic rings. The summed E-state index contributed by atoms with van der Waals surface area (Å²) in [5, 5.41) is 1.07. The maximum absolute atomic E-state index is 5.32. The fourth-order valence-electron chi connectivity index (χ4n) is 1.66. The molecule has 1 aliphatic heterocycles. The van der Waals surface area contributed by atoms with Gasteiger partial charge in [0.15, 0.2) is 0 Å². The van der Waals surface area contributed by atoms with E-state index in [4.69, 9.17) is 4.74 Å². The van der Waals surface area contributed by atoms with E-state index < -0.39 is 0 Å². The molecule has 0 aromatic heterocycles. The lowest BCUT2D eigenvalue weighted by molar-refractivity contribution is 0.0339. The molecule has 0 radical (unpaired) electrons. The van der Waals surface area contributed by atoms with Crippen molar-refractivity contribution in [3.63, 3.8) is 0 Å². The first-order chi connectivity index (χ1) is 6.86. The van der Waals surface area contributed by atoms with Crippen LogP contribution < -0.4 is 0 Å². The maximum Gasteiger partial charge on any atom is 0.0594 e. The molecule has 0 aromatic carbocycles. The number of hydrogen-bond acceptors (Lipinski definition) is 3. The summed E-state index contributed by atoms with van der Waals surface area (Å²) in [6.07, 6.45) is 0. The summed E-state index contributed by atoms with van der Waals surface area (Å²) in [6, 6.07) is 0. The van der Waals surface area contributed by atoms with Crippen LogP contribution in [0.5, 0.6) is 0 Å². The van der Waals surface area contributed by atoms with Gasteiger partial charge in [0.2, 0.25) is 0 Å². The van der Waals surface area contributed by atoms with Crippen molar-refractivity contribution >= 4 is 15.9 Å². The molecule has 3 nitrogen and oxygen atoms in total. The van der Waals surface area contributed by atoms with Crippen LogP contribution in [-0.4, -0.2) is 67.6 Å². The molecule has 1 aliphatic rings. The van der Waals surface area contributed by atoms with Crippen molar-refractivity contribution in [2.45, 2.75) is 6.92 Å². The SMILES string of the molecule is CCN(CCBr)CCN1CCOCC1. The highest BCUT2D eigenvalue weighted by Crippen LogP contribution is 1.98. The van der Waals surface area contributed by atoms with E-state index >= 15 is 0 Å². The van der Waals surface area contributed by atoms with Gasteiger partial charge in [-0.05, 0) is 6.54 Å². The fourth-order valence-corrected chi connectivity index (χ4v) is 2.16. The van der Waals surface area contributed by atoms with E-state index in [-0.39, 0.29) is 0 Å². The predicted octanol–water partition coefficient (Wildman–Crippen LogP) is 1.04. The van der Waals surface area contributed by atoms with Crippen molar-refractivity contribution in [3.05, 3.63) is 0 Å². The Labute approximate surface area is 95.5 Å². The normalized spacial score (nSPS) is 19.1. The lowest BCUT2D eigenvalue weighted by Gasteiger charge is -2.29. The van der Waals surface area contributed by atoms with Gasteiger partial charge in [0.25, 0.3) is 0 Å². The molecule has 1 saturated heterocycles. The first-order valence-electron chi connectivity index (χ1n) is 5.45. The van der Waals surface area contributed by atoms with Gasteiger partial charge in [-0.15, -0.1) is 0 Å². The summed E-state index contributed by atoms with van der Waals surface area (Å²) in [6.45, 7) is 10.9. The third kappa shape index (κ3) is 4.73. The van der Waals surface area contributed by atoms with Crippen molar-refractivity contribution in [1.82, 2.24) is 9.80 Å². The summed E-state index contributed by atoms with van der Waals surface area (Å²) in [4.78, 5) is 4.96. The zero-order valence-electron chi connectivity index (χ0n) is 9.04. The molecule has 84 valence electrons. The second-order valence-electron chi connectivity index (χ2n) is 3.58. The van der Waals surface area contributed by atoms with Gasteiger partial charge in [-0.1, -0.05) is 22.9 Å². The molecule has 1 fully saturated rings. The molecule has 0 unspecified atom stereocenters. The molecule has 1 heterocycles. The Balaban J connectivity index is 2.10. The molecule has 4 heteroatoms. The minimum Gasteiger partial charge on any atom is -0.379 e. The van der Waals surface area contributed by atoms with E-state index in [9.17, 15) is 0 Å². The second-order valence-corrected chi connectivity index (χ2v) is 4.37. The minimum absolute atomic E-state index is 0.907. The number of halogens is 1. The Hall–Kier alpha value is 0.360. The van der Waals surface area contributed by atoms with Crippen LogP contribution in [0.3, 0.4) is 0 Å². The largest absolute Gasteiger partial charge is 0.379 e. The topological polar surface area (TPSA) is 15.7 Å². The number of ether oxygens (including phenoxy) is 1. The number of morpholine rings is 1. The number of hydrogen-bond donors (Lipinski definition) is 0. The van der Waals surface area contributed by atoms with Crippen LogP contribution in [0.2, 0.25) is 0 Å². The molecule has 0 atom stereocenters. The summed E-state index contributed by atoms with van der Waals surface area (Å²) in [7, 11) is 0. The number of likely N-dealkylation sites (N-methyl/N-ethyl adjacent to an activating group) is 1. The van der Waals surface area contributed by atoms with Crippen molar-refractivity contribution in [2.75, 3.05) is 57.8 Å². The van der Waals surface area contributed by atoms with Crippen LogP contribution in [0.25, 0.3) is 0 Å². The second kappa shape index (κ2) is 7.63. The van der Waals surface area contributed by atoms with Gasteiger partial charge < -0.3 is 9.64 Å². The number of rotatable bonds is 6. The number of alkyl halides is 1. The summed E-state index contributed by atoms with van der Waals surface area (Å²) >= 11 is 3.48. The smallest absolute Gasteiger partial charge is 0.0594 e. The maximum atomic E-state index is 5.32. The van der Waals surface area contributed by atoms with Gasteiger partial charge in [-0.3, -0.25) is 4.90 Å². The molecule has 0 amide bonds. The molecule has 14 heavy (non-hydrogen) atoms. The summed E-state index contributed by atoms with van der Waals surface area (Å²) in [5.41, 5.74) is 0. The molecule has 0 N–H and O–H groups in total. The highest BCUT2D eigenvalue weighted by Gasteiger charge is 2.10. The quantitative estimate of drug-likeness (QED) is 0.667. The van der Waals surface area contributed by atoms with Gasteiger partial charge >= 0.3 is 0 Å². The molecule has 0 bridgehead atoms. The monoisotopic (exact) mass is 264 g/mol. The highest BCUT2D eigenvalue weighted by atomic mass is 79.9. The first kappa shape index (κ1) is 12.4. The molecular weight excluding hydrogens is 244 g/mol. The Bertz CT molecular complexity index is 135. The Morgan fingerprint density at radius 2 is 2.00 bits per heavy atom. The van der Waals surface area contributed by atoms with E-state index in [1.807, 2.05) is 0 Å². The van der Waals surface area contributed by atoms with Gasteiger partial charge in [-0.2, -0.15) is 0 Å². The molecule has 0 saturated carbocycles. The fraction of sp³-hybridized carbons (Fsp3) is 1.00. The van der Waals surface area contributed by atoms with Gasteiger partial charge in [0, 0.05) is 38.1 Å². The third-order valence-electron chi connectivity index (χ3n) is 2.68. The minimum atomic E-state index is 0.907. The molecular formula is C10H21BrN2O. The van der Waals surface area contributed by atoms with Crippen molar-refractivity contribution in [2.24, 2.45) is 0 Å². The van der Waals surface area contributed by atoms with Crippen LogP contribution in [0, 0.1) is 0 Å². The van der Waals surface area contributed by atoms with Crippen molar-refractivity contribution in [3.8, 4) is 0 Å². The van der Waals surface area contributed by atoms with Gasteiger partial charge in [-0.25, -0.2) is 0 Å². The zero-order valence-corrected chi connectivity index (χ0v) is 10.6. The van der Waals surface area contributed by atoms with E-state index in [0.29, 0.717) is 0 Å². The van der Waals surface area contributed by atoms with Crippen molar-refractivity contribution < 1.29 is 4.74 Å². The van der Waals surface area contributed by atoms with E-state index in [2.05, 4.69) is 32.7 Å². The predicted molar refractivity (Wildman–Crippen MR) is 63.2 cm³/mol. The van der Waals surface area contributed by atoms with Crippen molar-refractivity contribution in [1.29, 1.82) is 0 Å². The van der Waals surface area contributed by atoms with E-state index in [1.54, 1.807) is 0 Å². The number of nitrogens with zero attached hydrogens (tertiary/aromatic N) is 2. The molecule has 1 rings (SSSR count). The summed E-state index contributed by atoms with van der Waals surface area (Å²) < 4.78 is 5.32. The van der Waals surface area contributed by atoms with Crippen LogP contribution in [-0.2, 0) is 4.74 Å². The Morgan fingerprint density at radius 3 is 2.57 bits per heavy atom. The average molecular weight is 265 g/mol. The van der Waals surface area contributed by atoms with E-state index in [1.165, 1.54) is 13.1 Å². The van der Waals surface area contributed by atoms with Gasteiger partial charge in [0.05, 0.1) is 13.2 Å². The Morgan fingerprint density at radius 1 is 1.29 bits per heavy atom. The van der Waals surface area contributed by atoms with Crippen LogP contribution in [0.4, 0.5) is 0 Å². The lowest BCUT2D eigenvalue weighted by Crippen LogP contribution is -2.41. The summed E-state index contributed by atoms with van der Waals surface area (Å²) in [5.74, 6) is 0. The molecule has 0 aliphatic carbocycles.